The molecule has 0 aliphatic carbocycles. The predicted octanol–water partition coefficient (Wildman–Crippen LogP) is 3.61. The van der Waals surface area contributed by atoms with Crippen LogP contribution in [0.2, 0.25) is 0 Å². The lowest BCUT2D eigenvalue weighted by Crippen LogP contribution is -2.21. The molecule has 2 aromatic rings. The third-order valence-corrected chi connectivity index (χ3v) is 3.85. The zero-order valence-electron chi connectivity index (χ0n) is 13.3. The Morgan fingerprint density at radius 1 is 1.10 bits per heavy atom. The van der Waals surface area contributed by atoms with Crippen molar-refractivity contribution in [2.24, 2.45) is 0 Å². The van der Waals surface area contributed by atoms with Gasteiger partial charge >= 0.3 is 0 Å². The summed E-state index contributed by atoms with van der Waals surface area (Å²) in [5.74, 6) is 0.934. The maximum Gasteiger partial charge on any atom is 0.123 e. The van der Waals surface area contributed by atoms with Gasteiger partial charge in [0.15, 0.2) is 0 Å². The third-order valence-electron chi connectivity index (χ3n) is 3.85. The largest absolute Gasteiger partial charge is 0.496 e. The number of para-hydroxylation sites is 2. The van der Waals surface area contributed by atoms with Crippen LogP contribution in [0.3, 0.4) is 0 Å². The summed E-state index contributed by atoms with van der Waals surface area (Å²) in [5, 5.41) is 3.31. The summed E-state index contributed by atoms with van der Waals surface area (Å²) in [6, 6.07) is 17.0. The van der Waals surface area contributed by atoms with Gasteiger partial charge < -0.3 is 15.0 Å². The highest BCUT2D eigenvalue weighted by atomic mass is 16.5. The SMILES string of the molecule is CNC(C)c1ccccc1N(C)Cc1ccccc1OC. The zero-order chi connectivity index (χ0) is 15.2. The lowest BCUT2D eigenvalue weighted by atomic mass is 10.0. The van der Waals surface area contributed by atoms with Crippen LogP contribution in [0.5, 0.6) is 5.75 Å². The predicted molar refractivity (Wildman–Crippen MR) is 89.0 cm³/mol. The molecule has 112 valence electrons. The minimum Gasteiger partial charge on any atom is -0.496 e. The molecule has 3 nitrogen and oxygen atoms in total. The summed E-state index contributed by atoms with van der Waals surface area (Å²) >= 11 is 0. The van der Waals surface area contributed by atoms with Crippen molar-refractivity contribution >= 4 is 5.69 Å². The molecule has 1 atom stereocenters. The summed E-state index contributed by atoms with van der Waals surface area (Å²) in [6.07, 6.45) is 0. The van der Waals surface area contributed by atoms with E-state index in [2.05, 4.69) is 54.5 Å². The quantitative estimate of drug-likeness (QED) is 0.877. The topological polar surface area (TPSA) is 24.5 Å². The van der Waals surface area contributed by atoms with Crippen LogP contribution in [0.4, 0.5) is 5.69 Å². The van der Waals surface area contributed by atoms with E-state index in [1.807, 2.05) is 25.2 Å². The van der Waals surface area contributed by atoms with Gasteiger partial charge in [0.25, 0.3) is 0 Å². The van der Waals surface area contributed by atoms with Gasteiger partial charge in [-0.1, -0.05) is 36.4 Å². The first kappa shape index (κ1) is 15.4. The molecule has 3 heteroatoms. The molecule has 21 heavy (non-hydrogen) atoms. The van der Waals surface area contributed by atoms with E-state index >= 15 is 0 Å². The van der Waals surface area contributed by atoms with Gasteiger partial charge in [0, 0.05) is 30.9 Å². The third kappa shape index (κ3) is 3.56. The standard InChI is InChI=1S/C18H24N2O/c1-14(19-2)16-10-6-7-11-17(16)20(3)13-15-9-5-8-12-18(15)21-4/h5-12,14,19H,13H2,1-4H3. The summed E-state index contributed by atoms with van der Waals surface area (Å²) < 4.78 is 5.44. The average molecular weight is 284 g/mol. The first-order valence-corrected chi connectivity index (χ1v) is 7.26. The molecular weight excluding hydrogens is 260 g/mol. The number of nitrogens with zero attached hydrogens (tertiary/aromatic N) is 1. The summed E-state index contributed by atoms with van der Waals surface area (Å²) in [5.41, 5.74) is 3.73. The molecule has 0 saturated carbocycles. The van der Waals surface area contributed by atoms with Crippen molar-refractivity contribution in [3.8, 4) is 5.75 Å². The second-order valence-corrected chi connectivity index (χ2v) is 5.24. The first-order chi connectivity index (χ1) is 10.2. The number of nitrogens with one attached hydrogen (secondary N) is 1. The van der Waals surface area contributed by atoms with E-state index in [4.69, 9.17) is 4.74 Å². The zero-order valence-corrected chi connectivity index (χ0v) is 13.3. The van der Waals surface area contributed by atoms with Gasteiger partial charge in [-0.2, -0.15) is 0 Å². The van der Waals surface area contributed by atoms with E-state index < -0.39 is 0 Å². The van der Waals surface area contributed by atoms with Crippen LogP contribution >= 0.6 is 0 Å². The average Bonchev–Trinajstić information content (AvgIpc) is 2.54. The number of benzene rings is 2. The fourth-order valence-corrected chi connectivity index (χ4v) is 2.53. The smallest absolute Gasteiger partial charge is 0.123 e. The van der Waals surface area contributed by atoms with Crippen molar-refractivity contribution in [3.05, 3.63) is 59.7 Å². The van der Waals surface area contributed by atoms with E-state index in [0.717, 1.165) is 12.3 Å². The molecule has 0 radical (unpaired) electrons. The van der Waals surface area contributed by atoms with Gasteiger partial charge in [-0.25, -0.2) is 0 Å². The first-order valence-electron chi connectivity index (χ1n) is 7.26. The van der Waals surface area contributed by atoms with Crippen molar-refractivity contribution in [3.63, 3.8) is 0 Å². The van der Waals surface area contributed by atoms with Gasteiger partial charge in [-0.15, -0.1) is 0 Å². The van der Waals surface area contributed by atoms with E-state index in [1.54, 1.807) is 7.11 Å². The van der Waals surface area contributed by atoms with E-state index in [0.29, 0.717) is 6.04 Å². The monoisotopic (exact) mass is 284 g/mol. The Kier molecular flexibility index (Phi) is 5.23. The fraction of sp³-hybridized carbons (Fsp3) is 0.333. The van der Waals surface area contributed by atoms with Gasteiger partial charge in [0.1, 0.15) is 5.75 Å². The molecule has 1 N–H and O–H groups in total. The highest BCUT2D eigenvalue weighted by Gasteiger charge is 2.13. The van der Waals surface area contributed by atoms with Crippen LogP contribution in [-0.4, -0.2) is 21.2 Å². The van der Waals surface area contributed by atoms with Crippen LogP contribution < -0.4 is 15.0 Å². The highest BCUT2D eigenvalue weighted by molar-refractivity contribution is 5.55. The van der Waals surface area contributed by atoms with E-state index in [-0.39, 0.29) is 0 Å². The number of anilines is 1. The molecule has 0 heterocycles. The fourth-order valence-electron chi connectivity index (χ4n) is 2.53. The summed E-state index contributed by atoms with van der Waals surface area (Å²) in [4.78, 5) is 2.26. The molecule has 2 aromatic carbocycles. The number of ether oxygens (including phenoxy) is 1. The van der Waals surface area contributed by atoms with Gasteiger partial charge in [-0.3, -0.25) is 0 Å². The molecular formula is C18H24N2O. The maximum absolute atomic E-state index is 5.44. The van der Waals surface area contributed by atoms with Crippen molar-refractivity contribution in [1.29, 1.82) is 0 Å². The molecule has 0 spiro atoms. The van der Waals surface area contributed by atoms with Gasteiger partial charge in [0.05, 0.1) is 7.11 Å². The molecule has 1 unspecified atom stereocenters. The number of hydrogen-bond acceptors (Lipinski definition) is 3. The Morgan fingerprint density at radius 2 is 1.76 bits per heavy atom. The van der Waals surface area contributed by atoms with Crippen molar-refractivity contribution < 1.29 is 4.74 Å². The summed E-state index contributed by atoms with van der Waals surface area (Å²) in [7, 11) is 5.82. The molecule has 0 bridgehead atoms. The van der Waals surface area contributed by atoms with Crippen LogP contribution in [0.25, 0.3) is 0 Å². The van der Waals surface area contributed by atoms with Crippen molar-refractivity contribution in [2.45, 2.75) is 19.5 Å². The Labute approximate surface area is 127 Å². The Bertz CT molecular complexity index is 583. The maximum atomic E-state index is 5.44. The van der Waals surface area contributed by atoms with Gasteiger partial charge in [-0.05, 0) is 31.7 Å². The van der Waals surface area contributed by atoms with Crippen LogP contribution in [0.1, 0.15) is 24.1 Å². The summed E-state index contributed by atoms with van der Waals surface area (Å²) in [6.45, 7) is 2.99. The van der Waals surface area contributed by atoms with E-state index in [1.165, 1.54) is 16.8 Å². The van der Waals surface area contributed by atoms with Crippen molar-refractivity contribution in [2.75, 3.05) is 26.1 Å². The van der Waals surface area contributed by atoms with Crippen LogP contribution in [-0.2, 0) is 6.54 Å². The second-order valence-electron chi connectivity index (χ2n) is 5.24. The lowest BCUT2D eigenvalue weighted by Gasteiger charge is -2.25. The Balaban J connectivity index is 2.26. The molecule has 0 amide bonds. The molecule has 0 aliphatic heterocycles. The Morgan fingerprint density at radius 3 is 2.48 bits per heavy atom. The molecule has 0 aromatic heterocycles. The van der Waals surface area contributed by atoms with Crippen LogP contribution in [0, 0.1) is 0 Å². The number of hydrogen-bond donors (Lipinski definition) is 1. The van der Waals surface area contributed by atoms with Gasteiger partial charge in [0.2, 0.25) is 0 Å². The minimum absolute atomic E-state index is 0.321. The number of methoxy groups -OCH3 is 1. The molecule has 0 fully saturated rings. The molecule has 2 rings (SSSR count). The normalized spacial score (nSPS) is 12.0. The van der Waals surface area contributed by atoms with Crippen molar-refractivity contribution in [1.82, 2.24) is 5.32 Å². The number of rotatable bonds is 6. The Hall–Kier alpha value is -2.00. The minimum atomic E-state index is 0.321. The lowest BCUT2D eigenvalue weighted by molar-refractivity contribution is 0.409. The highest BCUT2D eigenvalue weighted by Crippen LogP contribution is 2.28. The van der Waals surface area contributed by atoms with E-state index in [9.17, 15) is 0 Å². The van der Waals surface area contributed by atoms with Crippen LogP contribution in [0.15, 0.2) is 48.5 Å². The molecule has 0 aliphatic rings. The molecule has 0 saturated heterocycles. The second kappa shape index (κ2) is 7.14.